The van der Waals surface area contributed by atoms with Gasteiger partial charge in [0.25, 0.3) is 5.91 Å². The summed E-state index contributed by atoms with van der Waals surface area (Å²) < 4.78 is 10.5. The number of methoxy groups -OCH3 is 1. The van der Waals surface area contributed by atoms with Gasteiger partial charge in [-0.15, -0.1) is 0 Å². The monoisotopic (exact) mass is 464 g/mol. The summed E-state index contributed by atoms with van der Waals surface area (Å²) >= 11 is 0. The van der Waals surface area contributed by atoms with Gasteiger partial charge >= 0.3 is 5.97 Å². The van der Waals surface area contributed by atoms with Gasteiger partial charge in [-0.2, -0.15) is 0 Å². The van der Waals surface area contributed by atoms with E-state index in [4.69, 9.17) is 9.47 Å². The molecule has 1 aliphatic heterocycles. The third-order valence-electron chi connectivity index (χ3n) is 6.55. The molecule has 8 heteroatoms. The lowest BCUT2D eigenvalue weighted by atomic mass is 9.81. The molecule has 3 amide bonds. The normalized spacial score (nSPS) is 20.5. The molecule has 1 heterocycles. The van der Waals surface area contributed by atoms with Crippen LogP contribution in [0.25, 0.3) is 0 Å². The molecular formula is C26H28N2O6. The number of ether oxygens (including phenoxy) is 2. The van der Waals surface area contributed by atoms with E-state index in [0.29, 0.717) is 35.4 Å². The van der Waals surface area contributed by atoms with Crippen LogP contribution in [-0.2, 0) is 25.7 Å². The molecule has 1 N–H and O–H groups in total. The van der Waals surface area contributed by atoms with Crippen molar-refractivity contribution in [3.63, 3.8) is 0 Å². The zero-order valence-corrected chi connectivity index (χ0v) is 19.3. The molecule has 178 valence electrons. The number of amides is 3. The Morgan fingerprint density at radius 3 is 2.12 bits per heavy atom. The summed E-state index contributed by atoms with van der Waals surface area (Å²) in [5.41, 5.74) is 1.79. The Morgan fingerprint density at radius 1 is 0.971 bits per heavy atom. The molecule has 1 saturated carbocycles. The predicted molar refractivity (Wildman–Crippen MR) is 124 cm³/mol. The summed E-state index contributed by atoms with van der Waals surface area (Å²) in [4.78, 5) is 51.5. The Morgan fingerprint density at radius 2 is 1.56 bits per heavy atom. The number of carbonyl (C=O) groups is 4. The number of benzene rings is 2. The van der Waals surface area contributed by atoms with E-state index in [1.165, 1.54) is 6.92 Å². The van der Waals surface area contributed by atoms with Gasteiger partial charge in [0.15, 0.2) is 0 Å². The molecular weight excluding hydrogens is 436 g/mol. The minimum absolute atomic E-state index is 0.0212. The first kappa shape index (κ1) is 23.5. The molecule has 2 aromatic rings. The molecule has 34 heavy (non-hydrogen) atoms. The minimum Gasteiger partial charge on any atom is -0.497 e. The second kappa shape index (κ2) is 10.1. The van der Waals surface area contributed by atoms with Crippen LogP contribution in [0.3, 0.4) is 0 Å². The molecule has 8 nitrogen and oxygen atoms in total. The van der Waals surface area contributed by atoms with Gasteiger partial charge in [-0.1, -0.05) is 25.0 Å². The number of imide groups is 1. The predicted octanol–water partition coefficient (Wildman–Crippen LogP) is 3.55. The molecule has 2 fully saturated rings. The van der Waals surface area contributed by atoms with Crippen LogP contribution < -0.4 is 10.1 Å². The van der Waals surface area contributed by atoms with Crippen molar-refractivity contribution in [2.45, 2.75) is 45.3 Å². The van der Waals surface area contributed by atoms with Crippen molar-refractivity contribution < 1.29 is 28.7 Å². The molecule has 3 atom stereocenters. The second-order valence-electron chi connectivity index (χ2n) is 8.71. The fraction of sp³-hybridized carbons (Fsp3) is 0.385. The highest BCUT2D eigenvalue weighted by Crippen LogP contribution is 2.39. The van der Waals surface area contributed by atoms with Crippen molar-refractivity contribution >= 4 is 29.4 Å². The largest absolute Gasteiger partial charge is 0.497 e. The fourth-order valence-corrected chi connectivity index (χ4v) is 4.58. The van der Waals surface area contributed by atoms with Crippen LogP contribution in [-0.4, -0.2) is 41.7 Å². The van der Waals surface area contributed by atoms with Crippen molar-refractivity contribution in [1.29, 1.82) is 0 Å². The summed E-state index contributed by atoms with van der Waals surface area (Å²) in [6, 6.07) is 12.7. The van der Waals surface area contributed by atoms with Crippen LogP contribution in [0.2, 0.25) is 0 Å². The highest BCUT2D eigenvalue weighted by molar-refractivity contribution is 6.07. The molecule has 0 aromatic heterocycles. The fourth-order valence-electron chi connectivity index (χ4n) is 4.58. The maximum Gasteiger partial charge on any atom is 0.329 e. The van der Waals surface area contributed by atoms with E-state index >= 15 is 0 Å². The summed E-state index contributed by atoms with van der Waals surface area (Å²) in [5, 5.41) is 2.81. The van der Waals surface area contributed by atoms with E-state index in [0.717, 1.165) is 17.7 Å². The number of hydrogen-bond acceptors (Lipinski definition) is 6. The number of anilines is 1. The number of nitrogens with one attached hydrogen (secondary N) is 1. The Hall–Kier alpha value is -3.68. The average molecular weight is 465 g/mol. The van der Waals surface area contributed by atoms with E-state index in [2.05, 4.69) is 5.32 Å². The maximum absolute atomic E-state index is 12.7. The second-order valence-corrected chi connectivity index (χ2v) is 8.71. The highest BCUT2D eigenvalue weighted by Gasteiger charge is 2.51. The maximum atomic E-state index is 12.7. The number of rotatable bonds is 7. The van der Waals surface area contributed by atoms with E-state index in [1.807, 2.05) is 0 Å². The lowest BCUT2D eigenvalue weighted by Crippen LogP contribution is -2.44. The number of likely N-dealkylation sites (tertiary alicyclic amines) is 1. The van der Waals surface area contributed by atoms with E-state index < -0.39 is 12.0 Å². The van der Waals surface area contributed by atoms with Crippen molar-refractivity contribution in [1.82, 2.24) is 4.90 Å². The number of carbonyl (C=O) groups excluding carboxylic acids is 4. The molecule has 1 saturated heterocycles. The van der Waals surface area contributed by atoms with Gasteiger partial charge in [0.05, 0.1) is 18.9 Å². The zero-order chi connectivity index (χ0) is 24.2. The summed E-state index contributed by atoms with van der Waals surface area (Å²) in [7, 11) is 1.57. The van der Waals surface area contributed by atoms with Gasteiger partial charge < -0.3 is 14.8 Å². The van der Waals surface area contributed by atoms with Gasteiger partial charge in [0, 0.05) is 11.3 Å². The SMILES string of the molecule is COc1ccc(NC(=O)c2ccc(COC(=O)C(C)N3C(=O)C4CCCCC4C3=O)cc2)cc1. The Bertz CT molecular complexity index is 1060. The smallest absolute Gasteiger partial charge is 0.329 e. The van der Waals surface area contributed by atoms with Gasteiger partial charge in [0.1, 0.15) is 18.4 Å². The molecule has 3 unspecified atom stereocenters. The van der Waals surface area contributed by atoms with E-state index in [-0.39, 0.29) is 36.2 Å². The molecule has 2 aromatic carbocycles. The lowest BCUT2D eigenvalue weighted by molar-refractivity contribution is -0.159. The van der Waals surface area contributed by atoms with Gasteiger partial charge in [-0.3, -0.25) is 19.3 Å². The van der Waals surface area contributed by atoms with Crippen molar-refractivity contribution in [2.24, 2.45) is 11.8 Å². The molecule has 1 aliphatic carbocycles. The standard InChI is InChI=1S/C26H28N2O6/c1-16(28-24(30)21-5-3-4-6-22(21)25(28)31)26(32)34-15-17-7-9-18(10-8-17)23(29)27-19-11-13-20(33-2)14-12-19/h7-14,16,21-22H,3-6,15H2,1-2H3,(H,27,29). The van der Waals surface area contributed by atoms with Crippen molar-refractivity contribution in [3.05, 3.63) is 59.7 Å². The first-order valence-electron chi connectivity index (χ1n) is 11.5. The van der Waals surface area contributed by atoms with Crippen LogP contribution in [0, 0.1) is 11.8 Å². The number of fused-ring (bicyclic) bond motifs is 1. The molecule has 0 radical (unpaired) electrons. The lowest BCUT2D eigenvalue weighted by Gasteiger charge is -2.21. The van der Waals surface area contributed by atoms with Gasteiger partial charge in [-0.05, 0) is 61.7 Å². The van der Waals surface area contributed by atoms with Crippen molar-refractivity contribution in [3.8, 4) is 5.75 Å². The zero-order valence-electron chi connectivity index (χ0n) is 19.3. The summed E-state index contributed by atoms with van der Waals surface area (Å²) in [6.07, 6.45) is 3.26. The van der Waals surface area contributed by atoms with Gasteiger partial charge in [-0.25, -0.2) is 4.79 Å². The molecule has 2 aliphatic rings. The quantitative estimate of drug-likeness (QED) is 0.497. The first-order valence-corrected chi connectivity index (χ1v) is 11.5. The highest BCUT2D eigenvalue weighted by atomic mass is 16.5. The summed E-state index contributed by atoms with van der Waals surface area (Å²) in [6.45, 7) is 1.51. The van der Waals surface area contributed by atoms with Crippen LogP contribution in [0.4, 0.5) is 5.69 Å². The average Bonchev–Trinajstić information content (AvgIpc) is 3.12. The topological polar surface area (TPSA) is 102 Å². The van der Waals surface area contributed by atoms with Crippen molar-refractivity contribution in [2.75, 3.05) is 12.4 Å². The Balaban J connectivity index is 1.31. The Kier molecular flexibility index (Phi) is 6.95. The van der Waals surface area contributed by atoms with E-state index in [1.54, 1.807) is 55.6 Å². The van der Waals surface area contributed by atoms with Gasteiger partial charge in [0.2, 0.25) is 11.8 Å². The van der Waals surface area contributed by atoms with Crippen LogP contribution in [0.1, 0.15) is 48.5 Å². The minimum atomic E-state index is -0.958. The third-order valence-corrected chi connectivity index (χ3v) is 6.55. The van der Waals surface area contributed by atoms with E-state index in [9.17, 15) is 19.2 Å². The number of nitrogens with zero attached hydrogens (tertiary/aromatic N) is 1. The van der Waals surface area contributed by atoms with Crippen LogP contribution in [0.15, 0.2) is 48.5 Å². The molecule has 4 rings (SSSR count). The molecule has 0 bridgehead atoms. The third kappa shape index (κ3) is 4.81. The summed E-state index contributed by atoms with van der Waals surface area (Å²) in [5.74, 6) is -1.31. The van der Waals surface area contributed by atoms with Crippen LogP contribution in [0.5, 0.6) is 5.75 Å². The number of hydrogen-bond donors (Lipinski definition) is 1. The number of esters is 1. The molecule has 0 spiro atoms. The Labute approximate surface area is 198 Å². The first-order chi connectivity index (χ1) is 16.4. The van der Waals surface area contributed by atoms with Crippen LogP contribution >= 0.6 is 0 Å².